The Morgan fingerprint density at radius 3 is 2.68 bits per heavy atom. The van der Waals surface area contributed by atoms with E-state index < -0.39 is 11.7 Å². The van der Waals surface area contributed by atoms with Gasteiger partial charge in [0.05, 0.1) is 11.7 Å². The molecule has 0 radical (unpaired) electrons. The highest BCUT2D eigenvalue weighted by Gasteiger charge is 2.19. The van der Waals surface area contributed by atoms with E-state index in [0.29, 0.717) is 17.9 Å². The Morgan fingerprint density at radius 1 is 1.24 bits per heavy atom. The predicted octanol–water partition coefficient (Wildman–Crippen LogP) is 3.13. The molecule has 0 aliphatic carbocycles. The standard InChI is InChI=1S/C19H26N2O4/c1-13-7-5-8-14-9-6-10-15(16(14)24-13)17(22)20-11-12-21-18(23)25-19(2,3)4/h5-6,8-10,13H,7,11-12H2,1-4H3,(H,20,22)(H,21,23). The number of hydrogen-bond donors (Lipinski definition) is 2. The fraction of sp³-hybridized carbons (Fsp3) is 0.474. The van der Waals surface area contributed by atoms with Crippen LogP contribution in [-0.4, -0.2) is 36.8 Å². The number of ether oxygens (including phenoxy) is 2. The SMILES string of the molecule is CC1CC=Cc2cccc(C(=O)NCCNC(=O)OC(C)(C)C)c2O1. The second kappa shape index (κ2) is 8.05. The molecule has 1 aromatic rings. The van der Waals surface area contributed by atoms with Gasteiger partial charge in [0.1, 0.15) is 11.4 Å². The topological polar surface area (TPSA) is 76.7 Å². The molecule has 25 heavy (non-hydrogen) atoms. The maximum atomic E-state index is 12.4. The van der Waals surface area contributed by atoms with E-state index >= 15 is 0 Å². The number of fused-ring (bicyclic) bond motifs is 1. The molecule has 0 saturated carbocycles. The van der Waals surface area contributed by atoms with Gasteiger partial charge in [-0.1, -0.05) is 24.3 Å². The molecule has 2 rings (SSSR count). The van der Waals surface area contributed by atoms with Gasteiger partial charge in [-0.2, -0.15) is 0 Å². The van der Waals surface area contributed by atoms with Crippen LogP contribution in [0.2, 0.25) is 0 Å². The van der Waals surface area contributed by atoms with E-state index in [1.807, 2.05) is 31.2 Å². The van der Waals surface area contributed by atoms with Crippen LogP contribution in [0.1, 0.15) is 50.0 Å². The van der Waals surface area contributed by atoms with Crippen molar-refractivity contribution in [2.75, 3.05) is 13.1 Å². The summed E-state index contributed by atoms with van der Waals surface area (Å²) < 4.78 is 11.0. The first-order valence-corrected chi connectivity index (χ1v) is 8.47. The summed E-state index contributed by atoms with van der Waals surface area (Å²) in [5, 5.41) is 5.40. The van der Waals surface area contributed by atoms with Crippen LogP contribution in [0, 0.1) is 0 Å². The zero-order chi connectivity index (χ0) is 18.4. The molecule has 2 N–H and O–H groups in total. The van der Waals surface area contributed by atoms with Crippen LogP contribution in [0.25, 0.3) is 6.08 Å². The maximum absolute atomic E-state index is 12.4. The molecule has 1 atom stereocenters. The number of nitrogens with one attached hydrogen (secondary N) is 2. The Labute approximate surface area is 148 Å². The van der Waals surface area contributed by atoms with Crippen molar-refractivity contribution in [3.05, 3.63) is 35.4 Å². The lowest BCUT2D eigenvalue weighted by Gasteiger charge is -2.19. The Morgan fingerprint density at radius 2 is 1.96 bits per heavy atom. The van der Waals surface area contributed by atoms with Gasteiger partial charge < -0.3 is 20.1 Å². The van der Waals surface area contributed by atoms with Crippen LogP contribution in [0.5, 0.6) is 5.75 Å². The van der Waals surface area contributed by atoms with Crippen molar-refractivity contribution in [2.24, 2.45) is 0 Å². The molecule has 1 aromatic carbocycles. The highest BCUT2D eigenvalue weighted by atomic mass is 16.6. The Balaban J connectivity index is 1.90. The molecule has 1 unspecified atom stereocenters. The van der Waals surface area contributed by atoms with Crippen LogP contribution in [-0.2, 0) is 4.74 Å². The number of alkyl carbamates (subject to hydrolysis) is 1. The normalized spacial score (nSPS) is 16.2. The van der Waals surface area contributed by atoms with Crippen LogP contribution in [0.15, 0.2) is 24.3 Å². The Bertz CT molecular complexity index is 662. The molecule has 0 fully saturated rings. The maximum Gasteiger partial charge on any atom is 0.407 e. The number of carbonyl (C=O) groups is 2. The molecule has 6 heteroatoms. The number of carbonyl (C=O) groups excluding carboxylic acids is 2. The minimum atomic E-state index is -0.545. The molecule has 6 nitrogen and oxygen atoms in total. The fourth-order valence-corrected chi connectivity index (χ4v) is 2.38. The minimum absolute atomic E-state index is 0.0142. The predicted molar refractivity (Wildman–Crippen MR) is 96.8 cm³/mol. The third-order valence-electron chi connectivity index (χ3n) is 3.45. The number of benzene rings is 1. The summed E-state index contributed by atoms with van der Waals surface area (Å²) in [6.07, 6.45) is 4.33. The van der Waals surface area contributed by atoms with Gasteiger partial charge in [-0.25, -0.2) is 4.79 Å². The second-order valence-electron chi connectivity index (χ2n) is 6.98. The quantitative estimate of drug-likeness (QED) is 0.821. The number of hydrogen-bond acceptors (Lipinski definition) is 4. The lowest BCUT2D eigenvalue weighted by Crippen LogP contribution is -2.38. The van der Waals surface area contributed by atoms with Crippen LogP contribution >= 0.6 is 0 Å². The molecular weight excluding hydrogens is 320 g/mol. The summed E-state index contributed by atoms with van der Waals surface area (Å²) in [6.45, 7) is 7.94. The number of rotatable bonds is 4. The van der Waals surface area contributed by atoms with E-state index in [9.17, 15) is 9.59 Å². The summed E-state index contributed by atoms with van der Waals surface area (Å²) in [4.78, 5) is 24.0. The third-order valence-corrected chi connectivity index (χ3v) is 3.45. The zero-order valence-electron chi connectivity index (χ0n) is 15.2. The van der Waals surface area contributed by atoms with E-state index in [4.69, 9.17) is 9.47 Å². The molecule has 0 spiro atoms. The van der Waals surface area contributed by atoms with Gasteiger partial charge in [0.25, 0.3) is 5.91 Å². The first kappa shape index (κ1) is 18.8. The molecule has 136 valence electrons. The van der Waals surface area contributed by atoms with Crippen molar-refractivity contribution in [2.45, 2.75) is 45.8 Å². The van der Waals surface area contributed by atoms with Gasteiger partial charge >= 0.3 is 6.09 Å². The van der Waals surface area contributed by atoms with E-state index in [2.05, 4.69) is 10.6 Å². The monoisotopic (exact) mass is 346 g/mol. The van der Waals surface area contributed by atoms with Gasteiger partial charge in [-0.05, 0) is 33.8 Å². The van der Waals surface area contributed by atoms with Crippen LogP contribution < -0.4 is 15.4 Å². The third kappa shape index (κ3) is 5.81. The first-order chi connectivity index (χ1) is 11.8. The summed E-state index contributed by atoms with van der Waals surface area (Å²) in [5.74, 6) is 0.367. The largest absolute Gasteiger partial charge is 0.489 e. The number of para-hydroxylation sites is 1. The lowest BCUT2D eigenvalue weighted by atomic mass is 10.1. The highest BCUT2D eigenvalue weighted by molar-refractivity contribution is 5.98. The summed E-state index contributed by atoms with van der Waals surface area (Å²) >= 11 is 0. The van der Waals surface area contributed by atoms with Gasteiger partial charge in [-0.15, -0.1) is 0 Å². The van der Waals surface area contributed by atoms with Gasteiger partial charge in [0, 0.05) is 25.1 Å². The van der Waals surface area contributed by atoms with E-state index in [0.717, 1.165) is 12.0 Å². The summed E-state index contributed by atoms with van der Waals surface area (Å²) in [5.41, 5.74) is 0.841. The van der Waals surface area contributed by atoms with E-state index in [1.54, 1.807) is 26.8 Å². The van der Waals surface area contributed by atoms with Crippen molar-refractivity contribution in [1.82, 2.24) is 10.6 Å². The van der Waals surface area contributed by atoms with Crippen molar-refractivity contribution in [3.8, 4) is 5.75 Å². The van der Waals surface area contributed by atoms with Gasteiger partial charge in [0.2, 0.25) is 0 Å². The van der Waals surface area contributed by atoms with Crippen LogP contribution in [0.4, 0.5) is 4.79 Å². The van der Waals surface area contributed by atoms with E-state index in [-0.39, 0.29) is 18.6 Å². The van der Waals surface area contributed by atoms with Crippen molar-refractivity contribution in [1.29, 1.82) is 0 Å². The smallest absolute Gasteiger partial charge is 0.407 e. The molecule has 0 bridgehead atoms. The second-order valence-corrected chi connectivity index (χ2v) is 6.98. The molecule has 1 aliphatic rings. The first-order valence-electron chi connectivity index (χ1n) is 8.47. The highest BCUT2D eigenvalue weighted by Crippen LogP contribution is 2.29. The lowest BCUT2D eigenvalue weighted by molar-refractivity contribution is 0.0526. The van der Waals surface area contributed by atoms with Gasteiger partial charge in [0.15, 0.2) is 0 Å². The fourth-order valence-electron chi connectivity index (χ4n) is 2.38. The van der Waals surface area contributed by atoms with Gasteiger partial charge in [-0.3, -0.25) is 4.79 Å². The van der Waals surface area contributed by atoms with Crippen LogP contribution in [0.3, 0.4) is 0 Å². The Hall–Kier alpha value is -2.50. The molecule has 0 aromatic heterocycles. The molecule has 2 amide bonds. The summed E-state index contributed by atoms with van der Waals surface area (Å²) in [6, 6.07) is 5.49. The average Bonchev–Trinajstić information content (AvgIpc) is 2.70. The average molecular weight is 346 g/mol. The van der Waals surface area contributed by atoms with Crippen molar-refractivity contribution in [3.63, 3.8) is 0 Å². The van der Waals surface area contributed by atoms with Crippen molar-refractivity contribution >= 4 is 18.1 Å². The summed E-state index contributed by atoms with van der Waals surface area (Å²) in [7, 11) is 0. The molecule has 1 aliphatic heterocycles. The van der Waals surface area contributed by atoms with Crippen molar-refractivity contribution < 1.29 is 19.1 Å². The van der Waals surface area contributed by atoms with E-state index in [1.165, 1.54) is 0 Å². The zero-order valence-corrected chi connectivity index (χ0v) is 15.2. The molecule has 0 saturated heterocycles. The molecular formula is C19H26N2O4. The number of amides is 2. The molecule has 1 heterocycles. The Kier molecular flexibility index (Phi) is 6.07. The minimum Gasteiger partial charge on any atom is -0.489 e.